The largest absolute Gasteiger partial charge is 0.328 e. The van der Waals surface area contributed by atoms with Gasteiger partial charge in [0.15, 0.2) is 0 Å². The summed E-state index contributed by atoms with van der Waals surface area (Å²) >= 11 is 0. The summed E-state index contributed by atoms with van der Waals surface area (Å²) in [6.45, 7) is 7.18. The molecule has 0 fully saturated rings. The molecule has 14 heavy (non-hydrogen) atoms. The summed E-state index contributed by atoms with van der Waals surface area (Å²) in [5, 5.41) is 4.15. The SMILES string of the molecule is CCC(Cc1ncnn1CC)C(C)N. The summed E-state index contributed by atoms with van der Waals surface area (Å²) in [6, 6.07) is 0.224. The molecule has 0 bridgehead atoms. The van der Waals surface area contributed by atoms with E-state index in [4.69, 9.17) is 5.73 Å². The van der Waals surface area contributed by atoms with Gasteiger partial charge in [0.1, 0.15) is 12.2 Å². The monoisotopic (exact) mass is 196 g/mol. The molecule has 2 unspecified atom stereocenters. The van der Waals surface area contributed by atoms with E-state index in [1.165, 1.54) is 0 Å². The van der Waals surface area contributed by atoms with Crippen molar-refractivity contribution in [3.63, 3.8) is 0 Å². The summed E-state index contributed by atoms with van der Waals surface area (Å²) in [4.78, 5) is 4.25. The maximum atomic E-state index is 5.90. The lowest BCUT2D eigenvalue weighted by molar-refractivity contribution is 0.408. The Bertz CT molecular complexity index is 267. The number of aryl methyl sites for hydroxylation is 1. The van der Waals surface area contributed by atoms with Gasteiger partial charge >= 0.3 is 0 Å². The predicted octanol–water partition coefficient (Wildman–Crippen LogP) is 1.21. The van der Waals surface area contributed by atoms with Gasteiger partial charge in [-0.15, -0.1) is 0 Å². The summed E-state index contributed by atoms with van der Waals surface area (Å²) in [7, 11) is 0. The van der Waals surface area contributed by atoms with E-state index in [9.17, 15) is 0 Å². The Morgan fingerprint density at radius 3 is 2.71 bits per heavy atom. The van der Waals surface area contributed by atoms with Crippen LogP contribution in [0.4, 0.5) is 0 Å². The zero-order valence-corrected chi connectivity index (χ0v) is 9.27. The third-order valence-electron chi connectivity index (χ3n) is 2.71. The lowest BCUT2D eigenvalue weighted by Gasteiger charge is -2.18. The molecule has 0 aromatic carbocycles. The van der Waals surface area contributed by atoms with Gasteiger partial charge in [0.25, 0.3) is 0 Å². The molecule has 0 saturated carbocycles. The number of nitrogens with two attached hydrogens (primary N) is 1. The molecular formula is C10H20N4. The highest BCUT2D eigenvalue weighted by atomic mass is 15.3. The van der Waals surface area contributed by atoms with Crippen LogP contribution in [0.3, 0.4) is 0 Å². The van der Waals surface area contributed by atoms with Crippen molar-refractivity contribution >= 4 is 0 Å². The van der Waals surface area contributed by atoms with Crippen molar-refractivity contribution in [1.82, 2.24) is 14.8 Å². The lowest BCUT2D eigenvalue weighted by atomic mass is 9.95. The van der Waals surface area contributed by atoms with Crippen LogP contribution in [-0.4, -0.2) is 20.8 Å². The molecule has 0 aliphatic rings. The molecule has 0 saturated heterocycles. The van der Waals surface area contributed by atoms with Crippen molar-refractivity contribution < 1.29 is 0 Å². The van der Waals surface area contributed by atoms with Gasteiger partial charge in [-0.1, -0.05) is 13.3 Å². The van der Waals surface area contributed by atoms with Crippen molar-refractivity contribution in [2.24, 2.45) is 11.7 Å². The maximum Gasteiger partial charge on any atom is 0.138 e. The van der Waals surface area contributed by atoms with Crippen molar-refractivity contribution in [2.75, 3.05) is 0 Å². The van der Waals surface area contributed by atoms with Gasteiger partial charge in [-0.05, 0) is 19.8 Å². The van der Waals surface area contributed by atoms with E-state index in [0.717, 1.165) is 25.2 Å². The minimum atomic E-state index is 0.224. The first kappa shape index (κ1) is 11.2. The molecular weight excluding hydrogens is 176 g/mol. The molecule has 4 heteroatoms. The van der Waals surface area contributed by atoms with Gasteiger partial charge in [0.05, 0.1) is 0 Å². The third kappa shape index (κ3) is 2.54. The van der Waals surface area contributed by atoms with E-state index in [1.807, 2.05) is 4.68 Å². The van der Waals surface area contributed by atoms with E-state index in [0.29, 0.717) is 5.92 Å². The van der Waals surface area contributed by atoms with Crippen LogP contribution in [0.1, 0.15) is 33.0 Å². The molecule has 1 rings (SSSR count). The van der Waals surface area contributed by atoms with E-state index in [2.05, 4.69) is 30.9 Å². The zero-order chi connectivity index (χ0) is 10.6. The fourth-order valence-corrected chi connectivity index (χ4v) is 1.65. The first-order chi connectivity index (χ1) is 6.69. The molecule has 1 aromatic heterocycles. The van der Waals surface area contributed by atoms with E-state index >= 15 is 0 Å². The van der Waals surface area contributed by atoms with Crippen LogP contribution in [0.5, 0.6) is 0 Å². The Hall–Kier alpha value is -0.900. The fourth-order valence-electron chi connectivity index (χ4n) is 1.65. The van der Waals surface area contributed by atoms with Crippen LogP contribution >= 0.6 is 0 Å². The normalized spacial score (nSPS) is 15.4. The van der Waals surface area contributed by atoms with Gasteiger partial charge in [0.2, 0.25) is 0 Å². The minimum absolute atomic E-state index is 0.224. The molecule has 2 N–H and O–H groups in total. The molecule has 0 radical (unpaired) electrons. The minimum Gasteiger partial charge on any atom is -0.328 e. The average molecular weight is 196 g/mol. The van der Waals surface area contributed by atoms with Crippen molar-refractivity contribution in [3.05, 3.63) is 12.2 Å². The molecule has 0 amide bonds. The van der Waals surface area contributed by atoms with Crippen LogP contribution in [0, 0.1) is 5.92 Å². The van der Waals surface area contributed by atoms with E-state index in [1.54, 1.807) is 6.33 Å². The second-order valence-electron chi connectivity index (χ2n) is 3.72. The molecule has 0 aliphatic heterocycles. The summed E-state index contributed by atoms with van der Waals surface area (Å²) in [5.41, 5.74) is 5.90. The number of rotatable bonds is 5. The topological polar surface area (TPSA) is 56.7 Å². The Morgan fingerprint density at radius 2 is 2.21 bits per heavy atom. The third-order valence-corrected chi connectivity index (χ3v) is 2.71. The predicted molar refractivity (Wildman–Crippen MR) is 56.8 cm³/mol. The molecule has 4 nitrogen and oxygen atoms in total. The van der Waals surface area contributed by atoms with Crippen LogP contribution in [0.25, 0.3) is 0 Å². The molecule has 2 atom stereocenters. The van der Waals surface area contributed by atoms with E-state index in [-0.39, 0.29) is 6.04 Å². The van der Waals surface area contributed by atoms with Gasteiger partial charge < -0.3 is 5.73 Å². The van der Waals surface area contributed by atoms with Crippen LogP contribution in [-0.2, 0) is 13.0 Å². The first-order valence-corrected chi connectivity index (χ1v) is 5.31. The molecule has 1 heterocycles. The fraction of sp³-hybridized carbons (Fsp3) is 0.800. The Balaban J connectivity index is 2.66. The zero-order valence-electron chi connectivity index (χ0n) is 9.27. The quantitative estimate of drug-likeness (QED) is 0.770. The Kier molecular flexibility index (Phi) is 4.07. The molecule has 80 valence electrons. The van der Waals surface area contributed by atoms with Crippen molar-refractivity contribution in [1.29, 1.82) is 0 Å². The number of hydrogen-bond acceptors (Lipinski definition) is 3. The number of aromatic nitrogens is 3. The van der Waals surface area contributed by atoms with Crippen molar-refractivity contribution in [2.45, 2.75) is 46.2 Å². The summed E-state index contributed by atoms with van der Waals surface area (Å²) < 4.78 is 1.94. The smallest absolute Gasteiger partial charge is 0.138 e. The van der Waals surface area contributed by atoms with Gasteiger partial charge in [-0.2, -0.15) is 5.10 Å². The molecule has 1 aromatic rings. The molecule has 0 aliphatic carbocycles. The lowest BCUT2D eigenvalue weighted by Crippen LogP contribution is -2.28. The highest BCUT2D eigenvalue weighted by Crippen LogP contribution is 2.12. The van der Waals surface area contributed by atoms with Crippen LogP contribution < -0.4 is 5.73 Å². The summed E-state index contributed by atoms with van der Waals surface area (Å²) in [6.07, 6.45) is 3.64. The Morgan fingerprint density at radius 1 is 1.50 bits per heavy atom. The highest BCUT2D eigenvalue weighted by Gasteiger charge is 2.15. The number of hydrogen-bond donors (Lipinski definition) is 1. The standard InChI is InChI=1S/C10H20N4/c1-4-9(8(3)11)6-10-12-7-13-14(10)5-2/h7-9H,4-6,11H2,1-3H3. The second kappa shape index (κ2) is 5.10. The Labute approximate surface area is 85.5 Å². The van der Waals surface area contributed by atoms with Crippen molar-refractivity contribution in [3.8, 4) is 0 Å². The second-order valence-corrected chi connectivity index (χ2v) is 3.72. The van der Waals surface area contributed by atoms with Gasteiger partial charge in [0, 0.05) is 19.0 Å². The van der Waals surface area contributed by atoms with Gasteiger partial charge in [-0.3, -0.25) is 4.68 Å². The average Bonchev–Trinajstić information content (AvgIpc) is 2.60. The van der Waals surface area contributed by atoms with Gasteiger partial charge in [-0.25, -0.2) is 4.98 Å². The first-order valence-electron chi connectivity index (χ1n) is 5.31. The summed E-state index contributed by atoms with van der Waals surface area (Å²) in [5.74, 6) is 1.56. The highest BCUT2D eigenvalue weighted by molar-refractivity contribution is 4.88. The van der Waals surface area contributed by atoms with E-state index < -0.39 is 0 Å². The number of nitrogens with zero attached hydrogens (tertiary/aromatic N) is 3. The maximum absolute atomic E-state index is 5.90. The van der Waals surface area contributed by atoms with Crippen LogP contribution in [0.15, 0.2) is 6.33 Å². The molecule has 0 spiro atoms. The van der Waals surface area contributed by atoms with Crippen LogP contribution in [0.2, 0.25) is 0 Å².